The first-order valence-electron chi connectivity index (χ1n) is 3.73. The van der Waals surface area contributed by atoms with E-state index < -0.39 is 0 Å². The third-order valence-corrected chi connectivity index (χ3v) is 4.10. The zero-order valence-electron chi connectivity index (χ0n) is 6.23. The van der Waals surface area contributed by atoms with Crippen molar-refractivity contribution in [3.63, 3.8) is 0 Å². The molecule has 1 aliphatic rings. The molecule has 2 rings (SSSR count). The predicted octanol–water partition coefficient (Wildman–Crippen LogP) is 4.31. The van der Waals surface area contributed by atoms with Gasteiger partial charge in [-0.3, -0.25) is 0 Å². The van der Waals surface area contributed by atoms with E-state index in [2.05, 4.69) is 44.0 Å². The summed E-state index contributed by atoms with van der Waals surface area (Å²) in [5.41, 5.74) is 1.34. The van der Waals surface area contributed by atoms with Crippen LogP contribution >= 0.6 is 43.5 Å². The van der Waals surface area contributed by atoms with Crippen molar-refractivity contribution in [1.82, 2.24) is 0 Å². The summed E-state index contributed by atoms with van der Waals surface area (Å²) in [5.74, 6) is 0.592. The van der Waals surface area contributed by atoms with E-state index in [1.165, 1.54) is 5.56 Å². The van der Waals surface area contributed by atoms with Gasteiger partial charge in [-0.05, 0) is 24.1 Å². The molecule has 1 saturated carbocycles. The SMILES string of the molecule is Clc1ccc([C@@H]2CC2(Br)Br)cc1. The fraction of sp³-hybridized carbons (Fsp3) is 0.333. The smallest absolute Gasteiger partial charge is 0.0843 e. The Kier molecular flexibility index (Phi) is 2.26. The van der Waals surface area contributed by atoms with Crippen LogP contribution in [-0.2, 0) is 0 Å². The lowest BCUT2D eigenvalue weighted by molar-refractivity contribution is 1.13. The van der Waals surface area contributed by atoms with Gasteiger partial charge in [0.05, 0.1) is 3.23 Å². The summed E-state index contributed by atoms with van der Waals surface area (Å²) in [6.07, 6.45) is 1.15. The Hall–Kier alpha value is 0.470. The molecule has 0 aliphatic heterocycles. The van der Waals surface area contributed by atoms with Crippen molar-refractivity contribution >= 4 is 43.5 Å². The van der Waals surface area contributed by atoms with Crippen LogP contribution in [0.5, 0.6) is 0 Å². The van der Waals surface area contributed by atoms with Crippen LogP contribution in [0.15, 0.2) is 24.3 Å². The predicted molar refractivity (Wildman–Crippen MR) is 59.4 cm³/mol. The van der Waals surface area contributed by atoms with E-state index >= 15 is 0 Å². The maximum Gasteiger partial charge on any atom is 0.0881 e. The standard InChI is InChI=1S/C9H7Br2Cl/c10-9(11)5-8(9)6-1-3-7(12)4-2-6/h1-4,8H,5H2/t8-/m0/s1. The average Bonchev–Trinajstić information content (AvgIpc) is 2.61. The highest BCUT2D eigenvalue weighted by Gasteiger charge is 2.50. The fourth-order valence-electron chi connectivity index (χ4n) is 1.27. The Morgan fingerprint density at radius 1 is 1.25 bits per heavy atom. The van der Waals surface area contributed by atoms with Gasteiger partial charge in [0, 0.05) is 10.9 Å². The molecule has 0 saturated heterocycles. The van der Waals surface area contributed by atoms with Crippen LogP contribution in [0.4, 0.5) is 0 Å². The van der Waals surface area contributed by atoms with Crippen molar-refractivity contribution in [3.05, 3.63) is 34.9 Å². The first-order valence-corrected chi connectivity index (χ1v) is 5.69. The molecule has 1 aromatic carbocycles. The van der Waals surface area contributed by atoms with E-state index in [1.54, 1.807) is 0 Å². The van der Waals surface area contributed by atoms with Gasteiger partial charge in [-0.15, -0.1) is 0 Å². The fourth-order valence-corrected chi connectivity index (χ4v) is 2.57. The molecule has 0 radical (unpaired) electrons. The monoisotopic (exact) mass is 308 g/mol. The van der Waals surface area contributed by atoms with Crippen molar-refractivity contribution < 1.29 is 0 Å². The third-order valence-electron chi connectivity index (χ3n) is 2.10. The van der Waals surface area contributed by atoms with Gasteiger partial charge in [0.1, 0.15) is 0 Å². The normalized spacial score (nSPS) is 25.4. The molecule has 0 amide bonds. The Labute approximate surface area is 93.6 Å². The summed E-state index contributed by atoms with van der Waals surface area (Å²) < 4.78 is 0.147. The summed E-state index contributed by atoms with van der Waals surface area (Å²) in [7, 11) is 0. The second-order valence-electron chi connectivity index (χ2n) is 3.07. The highest BCUT2D eigenvalue weighted by Crippen LogP contribution is 2.62. The van der Waals surface area contributed by atoms with Crippen molar-refractivity contribution in [2.24, 2.45) is 0 Å². The summed E-state index contributed by atoms with van der Waals surface area (Å²) in [4.78, 5) is 0. The van der Waals surface area contributed by atoms with Crippen molar-refractivity contribution in [3.8, 4) is 0 Å². The summed E-state index contributed by atoms with van der Waals surface area (Å²) in [6.45, 7) is 0. The van der Waals surface area contributed by atoms with Crippen LogP contribution in [0.25, 0.3) is 0 Å². The Morgan fingerprint density at radius 2 is 1.75 bits per heavy atom. The molecule has 1 atom stereocenters. The lowest BCUT2D eigenvalue weighted by Gasteiger charge is -2.00. The van der Waals surface area contributed by atoms with Gasteiger partial charge in [-0.2, -0.15) is 0 Å². The molecular formula is C9H7Br2Cl. The number of halogens is 3. The Bertz CT molecular complexity index is 292. The lowest BCUT2D eigenvalue weighted by atomic mass is 10.1. The highest BCUT2D eigenvalue weighted by atomic mass is 79.9. The average molecular weight is 310 g/mol. The molecule has 0 aromatic heterocycles. The first kappa shape index (κ1) is 9.04. The zero-order valence-corrected chi connectivity index (χ0v) is 10.2. The lowest BCUT2D eigenvalue weighted by Crippen LogP contribution is -1.87. The number of rotatable bonds is 1. The number of alkyl halides is 2. The second-order valence-corrected chi connectivity index (χ2v) is 7.40. The molecule has 1 aliphatic carbocycles. The first-order chi connectivity index (χ1) is 5.59. The second kappa shape index (κ2) is 3.00. The van der Waals surface area contributed by atoms with Gasteiger partial charge in [0.25, 0.3) is 0 Å². The summed E-state index contributed by atoms with van der Waals surface area (Å²) in [6, 6.07) is 8.03. The minimum absolute atomic E-state index is 0.147. The Morgan fingerprint density at radius 3 is 2.17 bits per heavy atom. The maximum absolute atomic E-state index is 5.78. The largest absolute Gasteiger partial charge is 0.0881 e. The molecule has 0 unspecified atom stereocenters. The molecule has 0 heterocycles. The zero-order chi connectivity index (χ0) is 8.77. The molecule has 0 spiro atoms. The molecular weight excluding hydrogens is 303 g/mol. The van der Waals surface area contributed by atoms with E-state index in [1.807, 2.05) is 12.1 Å². The number of hydrogen-bond donors (Lipinski definition) is 0. The van der Waals surface area contributed by atoms with E-state index in [9.17, 15) is 0 Å². The molecule has 12 heavy (non-hydrogen) atoms. The number of hydrogen-bond acceptors (Lipinski definition) is 0. The van der Waals surface area contributed by atoms with Crippen LogP contribution in [-0.4, -0.2) is 3.23 Å². The molecule has 1 fully saturated rings. The van der Waals surface area contributed by atoms with Gasteiger partial charge >= 0.3 is 0 Å². The minimum atomic E-state index is 0.147. The quantitative estimate of drug-likeness (QED) is 0.678. The van der Waals surface area contributed by atoms with E-state index in [-0.39, 0.29) is 3.23 Å². The van der Waals surface area contributed by atoms with Crippen molar-refractivity contribution in [1.29, 1.82) is 0 Å². The molecule has 0 bridgehead atoms. The van der Waals surface area contributed by atoms with Gasteiger partial charge in [0.15, 0.2) is 0 Å². The molecule has 0 N–H and O–H groups in total. The summed E-state index contributed by atoms with van der Waals surface area (Å²) >= 11 is 13.0. The van der Waals surface area contributed by atoms with E-state index in [4.69, 9.17) is 11.6 Å². The van der Waals surface area contributed by atoms with Crippen LogP contribution < -0.4 is 0 Å². The van der Waals surface area contributed by atoms with Gasteiger partial charge < -0.3 is 0 Å². The topological polar surface area (TPSA) is 0 Å². The molecule has 1 aromatic rings. The van der Waals surface area contributed by atoms with Gasteiger partial charge in [0.2, 0.25) is 0 Å². The Balaban J connectivity index is 2.21. The van der Waals surface area contributed by atoms with Crippen molar-refractivity contribution in [2.75, 3.05) is 0 Å². The van der Waals surface area contributed by atoms with Crippen LogP contribution in [0.2, 0.25) is 5.02 Å². The third kappa shape index (κ3) is 1.70. The molecule has 0 nitrogen and oxygen atoms in total. The van der Waals surface area contributed by atoms with Crippen LogP contribution in [0, 0.1) is 0 Å². The van der Waals surface area contributed by atoms with Crippen molar-refractivity contribution in [2.45, 2.75) is 15.6 Å². The van der Waals surface area contributed by atoms with E-state index in [0.29, 0.717) is 5.92 Å². The summed E-state index contributed by atoms with van der Waals surface area (Å²) in [5, 5.41) is 0.800. The van der Waals surface area contributed by atoms with Crippen LogP contribution in [0.1, 0.15) is 17.9 Å². The van der Waals surface area contributed by atoms with Gasteiger partial charge in [-0.1, -0.05) is 55.6 Å². The van der Waals surface area contributed by atoms with Gasteiger partial charge in [-0.25, -0.2) is 0 Å². The van der Waals surface area contributed by atoms with E-state index in [0.717, 1.165) is 11.4 Å². The van der Waals surface area contributed by atoms with Crippen LogP contribution in [0.3, 0.4) is 0 Å². The highest BCUT2D eigenvalue weighted by molar-refractivity contribution is 9.25. The minimum Gasteiger partial charge on any atom is -0.0843 e. The molecule has 3 heteroatoms. The maximum atomic E-state index is 5.78. The molecule has 64 valence electrons. The number of benzene rings is 1.